The van der Waals surface area contributed by atoms with E-state index in [2.05, 4.69) is 12.2 Å². The Morgan fingerprint density at radius 3 is 2.50 bits per heavy atom. The molecule has 1 aliphatic heterocycles. The highest BCUT2D eigenvalue weighted by Gasteiger charge is 2.26. The van der Waals surface area contributed by atoms with Crippen molar-refractivity contribution in [2.75, 3.05) is 25.0 Å². The number of likely N-dealkylation sites (tertiary alicyclic amines) is 1. The number of rotatable bonds is 7. The van der Waals surface area contributed by atoms with Crippen LogP contribution in [0.2, 0.25) is 0 Å². The summed E-state index contributed by atoms with van der Waals surface area (Å²) in [6, 6.07) is 15.5. The van der Waals surface area contributed by atoms with Gasteiger partial charge < -0.3 is 15.0 Å². The molecule has 0 bridgehead atoms. The zero-order valence-corrected chi connectivity index (χ0v) is 16.6. The van der Waals surface area contributed by atoms with Crippen molar-refractivity contribution < 1.29 is 14.3 Å². The zero-order valence-electron chi connectivity index (χ0n) is 16.6. The standard InChI is InChI=1S/C23H28N2O3/c1-17-3-9-22(10-4-17)28-14-12-20-11-13-25(16-20)23(27)15-19-5-7-21(8-6-19)24-18(2)26/h3-10,20H,11-16H2,1-2H3,(H,24,26). The summed E-state index contributed by atoms with van der Waals surface area (Å²) in [5.74, 6) is 1.46. The third-order valence-corrected chi connectivity index (χ3v) is 5.08. The Morgan fingerprint density at radius 2 is 1.82 bits per heavy atom. The molecule has 1 saturated heterocycles. The summed E-state index contributed by atoms with van der Waals surface area (Å²) < 4.78 is 5.82. The summed E-state index contributed by atoms with van der Waals surface area (Å²) in [6.45, 7) is 5.84. The molecule has 5 heteroatoms. The van der Waals surface area contributed by atoms with Gasteiger partial charge in [-0.3, -0.25) is 9.59 Å². The average molecular weight is 380 g/mol. The number of nitrogens with one attached hydrogen (secondary N) is 1. The molecule has 2 amide bonds. The maximum absolute atomic E-state index is 12.6. The quantitative estimate of drug-likeness (QED) is 0.795. The highest BCUT2D eigenvalue weighted by molar-refractivity contribution is 5.88. The van der Waals surface area contributed by atoms with E-state index >= 15 is 0 Å². The Hall–Kier alpha value is -2.82. The van der Waals surface area contributed by atoms with Crippen molar-refractivity contribution in [3.8, 4) is 5.75 Å². The number of hydrogen-bond acceptors (Lipinski definition) is 3. The van der Waals surface area contributed by atoms with Gasteiger partial charge in [-0.1, -0.05) is 29.8 Å². The first-order chi connectivity index (χ1) is 13.5. The second kappa shape index (κ2) is 9.40. The number of aryl methyl sites for hydroxylation is 1. The van der Waals surface area contributed by atoms with E-state index in [1.54, 1.807) is 0 Å². The zero-order chi connectivity index (χ0) is 19.9. The molecule has 2 aromatic carbocycles. The number of anilines is 1. The van der Waals surface area contributed by atoms with Gasteiger partial charge in [0.05, 0.1) is 13.0 Å². The van der Waals surface area contributed by atoms with Crippen molar-refractivity contribution >= 4 is 17.5 Å². The molecule has 1 unspecified atom stereocenters. The lowest BCUT2D eigenvalue weighted by Gasteiger charge is -2.17. The van der Waals surface area contributed by atoms with Crippen LogP contribution in [0.25, 0.3) is 0 Å². The topological polar surface area (TPSA) is 58.6 Å². The molecule has 3 rings (SSSR count). The fourth-order valence-corrected chi connectivity index (χ4v) is 3.47. The minimum absolute atomic E-state index is 0.0988. The van der Waals surface area contributed by atoms with Gasteiger partial charge >= 0.3 is 0 Å². The Kier molecular flexibility index (Phi) is 6.69. The predicted octanol–water partition coefficient (Wildman–Crippen LogP) is 3.81. The van der Waals surface area contributed by atoms with Gasteiger partial charge in [-0.15, -0.1) is 0 Å². The Balaban J connectivity index is 1.41. The molecule has 0 radical (unpaired) electrons. The number of carbonyl (C=O) groups excluding carboxylic acids is 2. The molecule has 0 spiro atoms. The summed E-state index contributed by atoms with van der Waals surface area (Å²) in [7, 11) is 0. The number of benzene rings is 2. The van der Waals surface area contributed by atoms with Crippen LogP contribution in [0.5, 0.6) is 5.75 Å². The smallest absolute Gasteiger partial charge is 0.226 e. The van der Waals surface area contributed by atoms with Gasteiger partial charge in [-0.2, -0.15) is 0 Å². The number of nitrogens with zero attached hydrogens (tertiary/aromatic N) is 1. The lowest BCUT2D eigenvalue weighted by molar-refractivity contribution is -0.129. The first-order valence-electron chi connectivity index (χ1n) is 9.83. The van der Waals surface area contributed by atoms with Crippen molar-refractivity contribution in [2.24, 2.45) is 5.92 Å². The van der Waals surface area contributed by atoms with E-state index in [1.165, 1.54) is 12.5 Å². The van der Waals surface area contributed by atoms with Crippen LogP contribution in [0.4, 0.5) is 5.69 Å². The Labute approximate surface area is 166 Å². The number of carbonyl (C=O) groups is 2. The number of hydrogen-bond donors (Lipinski definition) is 1. The van der Waals surface area contributed by atoms with E-state index < -0.39 is 0 Å². The molecule has 0 saturated carbocycles. The SMILES string of the molecule is CC(=O)Nc1ccc(CC(=O)N2CCC(CCOc3ccc(C)cc3)C2)cc1. The summed E-state index contributed by atoms with van der Waals surface area (Å²) in [5.41, 5.74) is 2.94. The molecule has 1 aliphatic rings. The van der Waals surface area contributed by atoms with Crippen LogP contribution >= 0.6 is 0 Å². The van der Waals surface area contributed by atoms with Crippen LogP contribution in [-0.2, 0) is 16.0 Å². The lowest BCUT2D eigenvalue weighted by atomic mass is 10.1. The third-order valence-electron chi connectivity index (χ3n) is 5.08. The van der Waals surface area contributed by atoms with Gasteiger partial charge in [0.25, 0.3) is 0 Å². The molecule has 2 aromatic rings. The number of ether oxygens (including phenoxy) is 1. The van der Waals surface area contributed by atoms with Gasteiger partial charge in [-0.05, 0) is 55.5 Å². The van der Waals surface area contributed by atoms with E-state index in [9.17, 15) is 9.59 Å². The van der Waals surface area contributed by atoms with E-state index in [1.807, 2.05) is 53.4 Å². The Morgan fingerprint density at radius 1 is 1.11 bits per heavy atom. The molecule has 0 aliphatic carbocycles. The first-order valence-corrected chi connectivity index (χ1v) is 9.83. The van der Waals surface area contributed by atoms with Gasteiger partial charge in [0, 0.05) is 25.7 Å². The minimum atomic E-state index is -0.0988. The highest BCUT2D eigenvalue weighted by Crippen LogP contribution is 2.22. The Bertz CT molecular complexity index is 800. The fraction of sp³-hybridized carbons (Fsp3) is 0.391. The van der Waals surface area contributed by atoms with Crippen LogP contribution in [0, 0.1) is 12.8 Å². The van der Waals surface area contributed by atoms with Crippen LogP contribution in [-0.4, -0.2) is 36.4 Å². The van der Waals surface area contributed by atoms with Crippen LogP contribution in [0.15, 0.2) is 48.5 Å². The normalized spacial score (nSPS) is 16.1. The second-order valence-corrected chi connectivity index (χ2v) is 7.50. The first kappa shape index (κ1) is 19.9. The summed E-state index contributed by atoms with van der Waals surface area (Å²) in [4.78, 5) is 25.6. The molecule has 1 heterocycles. The number of amides is 2. The van der Waals surface area contributed by atoms with Crippen molar-refractivity contribution in [3.05, 3.63) is 59.7 Å². The summed E-state index contributed by atoms with van der Waals surface area (Å²) in [5, 5.41) is 2.73. The van der Waals surface area contributed by atoms with Crippen LogP contribution in [0.3, 0.4) is 0 Å². The maximum Gasteiger partial charge on any atom is 0.226 e. The molecule has 0 aromatic heterocycles. The van der Waals surface area contributed by atoms with Gasteiger partial charge in [0.2, 0.25) is 11.8 Å². The van der Waals surface area contributed by atoms with Crippen molar-refractivity contribution in [2.45, 2.75) is 33.1 Å². The summed E-state index contributed by atoms with van der Waals surface area (Å²) >= 11 is 0. The minimum Gasteiger partial charge on any atom is -0.494 e. The maximum atomic E-state index is 12.6. The monoisotopic (exact) mass is 380 g/mol. The molecule has 1 fully saturated rings. The molecule has 28 heavy (non-hydrogen) atoms. The van der Waals surface area contributed by atoms with Gasteiger partial charge in [0.1, 0.15) is 5.75 Å². The van der Waals surface area contributed by atoms with Crippen molar-refractivity contribution in [1.82, 2.24) is 4.90 Å². The van der Waals surface area contributed by atoms with Crippen LogP contribution < -0.4 is 10.1 Å². The third kappa shape index (κ3) is 5.84. The summed E-state index contributed by atoms with van der Waals surface area (Å²) in [6.07, 6.45) is 2.39. The van der Waals surface area contributed by atoms with Gasteiger partial charge in [-0.25, -0.2) is 0 Å². The van der Waals surface area contributed by atoms with Gasteiger partial charge in [0.15, 0.2) is 0 Å². The largest absolute Gasteiger partial charge is 0.494 e. The van der Waals surface area contributed by atoms with E-state index in [4.69, 9.17) is 4.74 Å². The van der Waals surface area contributed by atoms with Crippen LogP contribution in [0.1, 0.15) is 30.9 Å². The predicted molar refractivity (Wildman–Crippen MR) is 110 cm³/mol. The molecule has 148 valence electrons. The molecule has 5 nitrogen and oxygen atoms in total. The van der Waals surface area contributed by atoms with Crippen molar-refractivity contribution in [3.63, 3.8) is 0 Å². The van der Waals surface area contributed by atoms with E-state index in [0.29, 0.717) is 18.9 Å². The van der Waals surface area contributed by atoms with Crippen molar-refractivity contribution in [1.29, 1.82) is 0 Å². The highest BCUT2D eigenvalue weighted by atomic mass is 16.5. The molecular formula is C23H28N2O3. The fourth-order valence-electron chi connectivity index (χ4n) is 3.47. The van der Waals surface area contributed by atoms with E-state index in [0.717, 1.165) is 42.9 Å². The average Bonchev–Trinajstić information content (AvgIpc) is 3.14. The van der Waals surface area contributed by atoms with E-state index in [-0.39, 0.29) is 11.8 Å². The lowest BCUT2D eigenvalue weighted by Crippen LogP contribution is -2.30. The molecule has 1 N–H and O–H groups in total. The molecular weight excluding hydrogens is 352 g/mol. The second-order valence-electron chi connectivity index (χ2n) is 7.50. The molecule has 1 atom stereocenters.